The summed E-state index contributed by atoms with van der Waals surface area (Å²) in [6, 6.07) is 8.89. The van der Waals surface area contributed by atoms with Gasteiger partial charge in [0.15, 0.2) is 6.61 Å². The summed E-state index contributed by atoms with van der Waals surface area (Å²) in [6.45, 7) is 4.00. The number of Topliss-reactive ketones (excluding diaryl/α,β-unsaturated/α-hetero) is 1. The second kappa shape index (κ2) is 5.55. The average molecular weight is 281 g/mol. The Morgan fingerprint density at radius 1 is 1.28 bits per heavy atom. The first-order valence-corrected chi connectivity index (χ1v) is 6.74. The summed E-state index contributed by atoms with van der Waals surface area (Å²) in [7, 11) is 0. The van der Waals surface area contributed by atoms with Gasteiger partial charge < -0.3 is 4.74 Å². The summed E-state index contributed by atoms with van der Waals surface area (Å²) in [6.07, 6.45) is 0. The predicted molar refractivity (Wildman–Crippen MR) is 75.1 cm³/mol. The first-order chi connectivity index (χ1) is 8.56. The number of hydrogen-bond acceptors (Lipinski definition) is 3. The van der Waals surface area contributed by atoms with Crippen LogP contribution in [-0.2, 0) is 0 Å². The van der Waals surface area contributed by atoms with Crippen LogP contribution in [0, 0.1) is 13.8 Å². The molecular weight excluding hydrogens is 268 g/mol. The van der Waals surface area contributed by atoms with E-state index in [0.29, 0.717) is 10.8 Å². The number of carbonyl (C=O) groups is 1. The van der Waals surface area contributed by atoms with Crippen LogP contribution in [0.4, 0.5) is 0 Å². The molecule has 0 bridgehead atoms. The van der Waals surface area contributed by atoms with Crippen LogP contribution < -0.4 is 4.74 Å². The van der Waals surface area contributed by atoms with Crippen molar-refractivity contribution in [3.63, 3.8) is 0 Å². The van der Waals surface area contributed by atoms with Crippen LogP contribution in [0.1, 0.15) is 20.1 Å². The summed E-state index contributed by atoms with van der Waals surface area (Å²) in [5.74, 6) is 0.657. The van der Waals surface area contributed by atoms with Gasteiger partial charge in [-0.2, -0.15) is 0 Å². The lowest BCUT2D eigenvalue weighted by Crippen LogP contribution is -2.11. The molecule has 0 fully saturated rings. The molecule has 0 saturated carbocycles. The van der Waals surface area contributed by atoms with Gasteiger partial charge in [0.05, 0.1) is 0 Å². The molecule has 1 aromatic heterocycles. The van der Waals surface area contributed by atoms with Gasteiger partial charge in [0.2, 0.25) is 5.78 Å². The predicted octanol–water partition coefficient (Wildman–Crippen LogP) is 4.28. The van der Waals surface area contributed by atoms with Crippen LogP contribution in [0.3, 0.4) is 0 Å². The lowest BCUT2D eigenvalue weighted by atomic mass is 10.2. The van der Waals surface area contributed by atoms with Gasteiger partial charge >= 0.3 is 0 Å². The van der Waals surface area contributed by atoms with Crippen molar-refractivity contribution in [2.45, 2.75) is 13.8 Å². The second-order valence-electron chi connectivity index (χ2n) is 3.99. The number of ether oxygens (including phenoxy) is 1. The number of rotatable bonds is 4. The van der Waals surface area contributed by atoms with Crippen LogP contribution in [0.25, 0.3) is 0 Å². The molecule has 0 atom stereocenters. The number of aryl methyl sites for hydroxylation is 2. The van der Waals surface area contributed by atoms with Crippen LogP contribution >= 0.6 is 22.9 Å². The van der Waals surface area contributed by atoms with E-state index in [2.05, 4.69) is 0 Å². The molecule has 2 aromatic rings. The third kappa shape index (κ3) is 3.12. The molecular formula is C14H13ClO2S. The molecule has 0 N–H and O–H groups in total. The standard InChI is InChI=1S/C14H13ClO2S/c1-9-7-13(10(2)18-9)14(16)8-17-12-5-3-11(15)4-6-12/h3-7H,8H2,1-2H3. The molecule has 1 aromatic carbocycles. The topological polar surface area (TPSA) is 26.3 Å². The number of hydrogen-bond donors (Lipinski definition) is 0. The number of benzene rings is 1. The highest BCUT2D eigenvalue weighted by atomic mass is 35.5. The van der Waals surface area contributed by atoms with Gasteiger partial charge in [-0.1, -0.05) is 11.6 Å². The fourth-order valence-electron chi connectivity index (χ4n) is 1.67. The van der Waals surface area contributed by atoms with Crippen molar-refractivity contribution in [3.05, 3.63) is 50.7 Å². The molecule has 2 nitrogen and oxygen atoms in total. The Bertz CT molecular complexity index is 558. The fraction of sp³-hybridized carbons (Fsp3) is 0.214. The van der Waals surface area contributed by atoms with E-state index in [1.165, 1.54) is 0 Å². The summed E-state index contributed by atoms with van der Waals surface area (Å²) in [5.41, 5.74) is 0.756. The van der Waals surface area contributed by atoms with Gasteiger partial charge in [0.1, 0.15) is 5.75 Å². The van der Waals surface area contributed by atoms with E-state index in [9.17, 15) is 4.79 Å². The number of halogens is 1. The Labute approximate surface area is 115 Å². The molecule has 94 valence electrons. The van der Waals surface area contributed by atoms with Crippen molar-refractivity contribution in [1.82, 2.24) is 0 Å². The maximum atomic E-state index is 12.0. The van der Waals surface area contributed by atoms with Gasteiger partial charge in [-0.05, 0) is 44.2 Å². The molecule has 0 unspecified atom stereocenters. The van der Waals surface area contributed by atoms with Gasteiger partial charge in [-0.15, -0.1) is 11.3 Å². The lowest BCUT2D eigenvalue weighted by Gasteiger charge is -2.05. The SMILES string of the molecule is Cc1cc(C(=O)COc2ccc(Cl)cc2)c(C)s1. The molecule has 0 radical (unpaired) electrons. The second-order valence-corrected chi connectivity index (χ2v) is 5.89. The van der Waals surface area contributed by atoms with E-state index in [1.807, 2.05) is 19.9 Å². The molecule has 2 rings (SSSR count). The van der Waals surface area contributed by atoms with E-state index < -0.39 is 0 Å². The average Bonchev–Trinajstić information content (AvgIpc) is 2.67. The first-order valence-electron chi connectivity index (χ1n) is 5.55. The van der Waals surface area contributed by atoms with Crippen LogP contribution in [0.2, 0.25) is 5.02 Å². The fourth-order valence-corrected chi connectivity index (χ4v) is 2.73. The Morgan fingerprint density at radius 3 is 2.50 bits per heavy atom. The molecule has 4 heteroatoms. The third-order valence-corrected chi connectivity index (χ3v) is 3.74. The van der Waals surface area contributed by atoms with Crippen molar-refractivity contribution in [2.24, 2.45) is 0 Å². The largest absolute Gasteiger partial charge is 0.485 e. The highest BCUT2D eigenvalue weighted by molar-refractivity contribution is 7.12. The molecule has 0 aliphatic rings. The van der Waals surface area contributed by atoms with Crippen molar-refractivity contribution < 1.29 is 9.53 Å². The molecule has 1 heterocycles. The Balaban J connectivity index is 2.00. The zero-order chi connectivity index (χ0) is 13.1. The minimum absolute atomic E-state index is 0.00630. The quantitative estimate of drug-likeness (QED) is 0.782. The number of ketones is 1. The van der Waals surface area contributed by atoms with Crippen LogP contribution in [-0.4, -0.2) is 12.4 Å². The van der Waals surface area contributed by atoms with Crippen molar-refractivity contribution in [3.8, 4) is 5.75 Å². The zero-order valence-corrected chi connectivity index (χ0v) is 11.8. The minimum atomic E-state index is 0.00630. The molecule has 0 aliphatic carbocycles. The van der Waals surface area contributed by atoms with E-state index in [4.69, 9.17) is 16.3 Å². The van der Waals surface area contributed by atoms with E-state index in [-0.39, 0.29) is 12.4 Å². The van der Waals surface area contributed by atoms with Crippen molar-refractivity contribution >= 4 is 28.7 Å². The third-order valence-electron chi connectivity index (χ3n) is 2.52. The molecule has 0 spiro atoms. The molecule has 0 amide bonds. The van der Waals surface area contributed by atoms with E-state index in [0.717, 1.165) is 15.3 Å². The van der Waals surface area contributed by atoms with Crippen molar-refractivity contribution in [1.29, 1.82) is 0 Å². The van der Waals surface area contributed by atoms with Gasteiger partial charge in [-0.3, -0.25) is 4.79 Å². The summed E-state index contributed by atoms with van der Waals surface area (Å²) >= 11 is 7.40. The Hall–Kier alpha value is -1.32. The number of thiophene rings is 1. The summed E-state index contributed by atoms with van der Waals surface area (Å²) in [5, 5.41) is 0.651. The smallest absolute Gasteiger partial charge is 0.201 e. The zero-order valence-electron chi connectivity index (χ0n) is 10.2. The molecule has 0 saturated heterocycles. The highest BCUT2D eigenvalue weighted by Gasteiger charge is 2.12. The van der Waals surface area contributed by atoms with E-state index in [1.54, 1.807) is 35.6 Å². The Kier molecular flexibility index (Phi) is 4.04. The summed E-state index contributed by atoms with van der Waals surface area (Å²) < 4.78 is 5.44. The van der Waals surface area contributed by atoms with Crippen molar-refractivity contribution in [2.75, 3.05) is 6.61 Å². The normalized spacial score (nSPS) is 10.4. The lowest BCUT2D eigenvalue weighted by molar-refractivity contribution is 0.0921. The van der Waals surface area contributed by atoms with E-state index >= 15 is 0 Å². The number of carbonyl (C=O) groups excluding carboxylic acids is 1. The van der Waals surface area contributed by atoms with Crippen LogP contribution in [0.5, 0.6) is 5.75 Å². The van der Waals surface area contributed by atoms with Crippen LogP contribution in [0.15, 0.2) is 30.3 Å². The Morgan fingerprint density at radius 2 is 1.94 bits per heavy atom. The highest BCUT2D eigenvalue weighted by Crippen LogP contribution is 2.21. The van der Waals surface area contributed by atoms with Gasteiger partial charge in [0, 0.05) is 20.3 Å². The maximum absolute atomic E-state index is 12.0. The molecule has 18 heavy (non-hydrogen) atoms. The first kappa shape index (κ1) is 13.1. The minimum Gasteiger partial charge on any atom is -0.485 e. The maximum Gasteiger partial charge on any atom is 0.201 e. The van der Waals surface area contributed by atoms with Gasteiger partial charge in [0.25, 0.3) is 0 Å². The summed E-state index contributed by atoms with van der Waals surface area (Å²) in [4.78, 5) is 14.2. The molecule has 0 aliphatic heterocycles. The van der Waals surface area contributed by atoms with Gasteiger partial charge in [-0.25, -0.2) is 0 Å². The monoisotopic (exact) mass is 280 g/mol.